The molecule has 6 heteroatoms. The fourth-order valence-corrected chi connectivity index (χ4v) is 3.25. The minimum Gasteiger partial charge on any atom is -0.497 e. The second-order valence-corrected chi connectivity index (χ2v) is 6.62. The highest BCUT2D eigenvalue weighted by molar-refractivity contribution is 5.83. The molecule has 1 saturated heterocycles. The van der Waals surface area contributed by atoms with Crippen LogP contribution in [0.1, 0.15) is 24.5 Å². The molecule has 1 atom stereocenters. The second-order valence-electron chi connectivity index (χ2n) is 6.62. The van der Waals surface area contributed by atoms with E-state index in [1.165, 1.54) is 0 Å². The lowest BCUT2D eigenvalue weighted by molar-refractivity contribution is 0.0650. The Morgan fingerprint density at radius 2 is 2.08 bits per heavy atom. The van der Waals surface area contributed by atoms with E-state index in [0.717, 1.165) is 48.1 Å². The van der Waals surface area contributed by atoms with E-state index in [2.05, 4.69) is 9.88 Å². The Hall–Kier alpha value is -1.73. The fraction of sp³-hybridized carbons (Fsp3) is 0.500. The number of β-amino-alcohol motifs (C(OH)–C–C–N with tert-alkyl or cyclic N) is 1. The average molecular weight is 331 g/mol. The van der Waals surface area contributed by atoms with E-state index >= 15 is 0 Å². The molecule has 3 rings (SSSR count). The Morgan fingerprint density at radius 1 is 1.33 bits per heavy atom. The van der Waals surface area contributed by atoms with Gasteiger partial charge in [-0.15, -0.1) is 0 Å². The minimum absolute atomic E-state index is 0.0121. The molecule has 4 N–H and O–H groups in total. The first-order valence-electron chi connectivity index (χ1n) is 8.27. The average Bonchev–Trinajstić information content (AvgIpc) is 2.62. The fourth-order valence-electron chi connectivity index (χ4n) is 3.25. The molecule has 0 spiro atoms. The molecule has 0 aliphatic carbocycles. The van der Waals surface area contributed by atoms with E-state index in [0.29, 0.717) is 6.54 Å². The number of hydrogen-bond donors (Lipinski definition) is 3. The van der Waals surface area contributed by atoms with Gasteiger partial charge in [0.2, 0.25) is 0 Å². The van der Waals surface area contributed by atoms with Crippen LogP contribution in [0, 0.1) is 0 Å². The molecule has 1 fully saturated rings. The van der Waals surface area contributed by atoms with Crippen molar-refractivity contribution >= 4 is 10.9 Å². The van der Waals surface area contributed by atoms with Gasteiger partial charge in [-0.05, 0) is 42.7 Å². The van der Waals surface area contributed by atoms with Crippen LogP contribution in [0.2, 0.25) is 0 Å². The number of methoxy groups -OCH3 is 1. The maximum atomic E-state index is 10.7. The smallest absolute Gasteiger partial charge is 0.119 e. The second kappa shape index (κ2) is 7.03. The molecule has 24 heavy (non-hydrogen) atoms. The summed E-state index contributed by atoms with van der Waals surface area (Å²) in [6, 6.07) is 7.53. The minimum atomic E-state index is -0.609. The number of fused-ring (bicyclic) bond motifs is 1. The van der Waals surface area contributed by atoms with Gasteiger partial charge in [-0.25, -0.2) is 0 Å². The molecule has 130 valence electrons. The van der Waals surface area contributed by atoms with Gasteiger partial charge in [0.25, 0.3) is 0 Å². The molecule has 2 heterocycles. The highest BCUT2D eigenvalue weighted by atomic mass is 16.5. The molecular weight excluding hydrogens is 306 g/mol. The number of aliphatic hydroxyl groups excluding tert-OH is 2. The molecule has 6 nitrogen and oxygen atoms in total. The summed E-state index contributed by atoms with van der Waals surface area (Å²) in [7, 11) is 1.63. The predicted molar refractivity (Wildman–Crippen MR) is 92.9 cm³/mol. The summed E-state index contributed by atoms with van der Waals surface area (Å²) in [5.74, 6) is 0.748. The van der Waals surface area contributed by atoms with Crippen molar-refractivity contribution in [2.24, 2.45) is 5.73 Å². The van der Waals surface area contributed by atoms with Crippen molar-refractivity contribution in [3.8, 4) is 5.75 Å². The summed E-state index contributed by atoms with van der Waals surface area (Å²) in [6.07, 6.45) is 2.59. The lowest BCUT2D eigenvalue weighted by Crippen LogP contribution is -2.53. The van der Waals surface area contributed by atoms with Gasteiger partial charge < -0.3 is 25.6 Å². The molecule has 0 bridgehead atoms. The number of nitrogens with two attached hydrogens (primary N) is 1. The summed E-state index contributed by atoms with van der Waals surface area (Å²) in [5.41, 5.74) is 7.33. The lowest BCUT2D eigenvalue weighted by atomic mass is 9.89. The molecule has 1 aromatic carbocycles. The first kappa shape index (κ1) is 17.1. The molecule has 0 saturated carbocycles. The first-order chi connectivity index (χ1) is 11.5. The summed E-state index contributed by atoms with van der Waals surface area (Å²) in [4.78, 5) is 6.54. The van der Waals surface area contributed by atoms with Crippen molar-refractivity contribution in [1.82, 2.24) is 9.88 Å². The number of likely N-dealkylation sites (tertiary alicyclic amines) is 1. The van der Waals surface area contributed by atoms with Crippen LogP contribution >= 0.6 is 0 Å². The van der Waals surface area contributed by atoms with Crippen LogP contribution in [0.15, 0.2) is 30.5 Å². The third kappa shape index (κ3) is 3.52. The number of ether oxygens (including phenoxy) is 1. The number of hydrogen-bond acceptors (Lipinski definition) is 6. The molecule has 0 unspecified atom stereocenters. The van der Waals surface area contributed by atoms with Crippen molar-refractivity contribution in [2.45, 2.75) is 24.5 Å². The molecule has 1 aliphatic heterocycles. The number of aliphatic hydroxyl groups is 2. The summed E-state index contributed by atoms with van der Waals surface area (Å²) < 4.78 is 5.28. The third-order valence-corrected chi connectivity index (χ3v) is 4.94. The number of nitrogens with zero attached hydrogens (tertiary/aromatic N) is 2. The van der Waals surface area contributed by atoms with Crippen LogP contribution in [0.5, 0.6) is 5.75 Å². The van der Waals surface area contributed by atoms with E-state index in [1.807, 2.05) is 24.3 Å². The maximum absolute atomic E-state index is 10.7. The van der Waals surface area contributed by atoms with Crippen LogP contribution in [0.3, 0.4) is 0 Å². The number of pyridine rings is 1. The molecule has 2 aromatic rings. The normalized spacial score (nSPS) is 19.3. The van der Waals surface area contributed by atoms with Gasteiger partial charge in [0.1, 0.15) is 5.75 Å². The lowest BCUT2D eigenvalue weighted by Gasteiger charge is -2.38. The van der Waals surface area contributed by atoms with Gasteiger partial charge in [0.15, 0.2) is 0 Å². The Labute approximate surface area is 141 Å². The van der Waals surface area contributed by atoms with E-state index in [4.69, 9.17) is 10.5 Å². The van der Waals surface area contributed by atoms with Crippen molar-refractivity contribution in [1.29, 1.82) is 0 Å². The zero-order valence-electron chi connectivity index (χ0n) is 14.0. The van der Waals surface area contributed by atoms with Crippen molar-refractivity contribution in [3.05, 3.63) is 36.0 Å². The van der Waals surface area contributed by atoms with Gasteiger partial charge in [-0.1, -0.05) is 0 Å². The Morgan fingerprint density at radius 3 is 2.75 bits per heavy atom. The van der Waals surface area contributed by atoms with E-state index in [1.54, 1.807) is 13.3 Å². The van der Waals surface area contributed by atoms with Gasteiger partial charge in [0.05, 0.1) is 25.3 Å². The maximum Gasteiger partial charge on any atom is 0.119 e. The van der Waals surface area contributed by atoms with Crippen molar-refractivity contribution in [3.63, 3.8) is 0 Å². The van der Waals surface area contributed by atoms with E-state index in [-0.39, 0.29) is 6.61 Å². The van der Waals surface area contributed by atoms with Gasteiger partial charge in [-0.3, -0.25) is 4.98 Å². The zero-order chi connectivity index (χ0) is 17.2. The molecule has 0 amide bonds. The van der Waals surface area contributed by atoms with E-state index < -0.39 is 11.6 Å². The quantitative estimate of drug-likeness (QED) is 0.759. The molecular formula is C18H25N3O3. The monoisotopic (exact) mass is 331 g/mol. The Bertz CT molecular complexity index is 699. The summed E-state index contributed by atoms with van der Waals surface area (Å²) in [5, 5.41) is 21.0. The first-order valence-corrected chi connectivity index (χ1v) is 8.27. The van der Waals surface area contributed by atoms with Crippen molar-refractivity contribution in [2.75, 3.05) is 33.4 Å². The zero-order valence-corrected chi connectivity index (χ0v) is 14.0. The third-order valence-electron chi connectivity index (χ3n) is 4.94. The van der Waals surface area contributed by atoms with Crippen LogP contribution in [-0.2, 0) is 0 Å². The summed E-state index contributed by atoms with van der Waals surface area (Å²) >= 11 is 0. The molecule has 1 aromatic heterocycles. The Kier molecular flexibility index (Phi) is 5.01. The SMILES string of the molecule is COc1ccc2nccc([C@@H](O)CN3CCC(N)(CO)CC3)c2c1. The number of aromatic nitrogens is 1. The highest BCUT2D eigenvalue weighted by Crippen LogP contribution is 2.28. The Balaban J connectivity index is 1.76. The van der Waals surface area contributed by atoms with Gasteiger partial charge in [0, 0.05) is 36.8 Å². The largest absolute Gasteiger partial charge is 0.497 e. The number of rotatable bonds is 5. The summed E-state index contributed by atoms with van der Waals surface area (Å²) in [6.45, 7) is 2.11. The van der Waals surface area contributed by atoms with Crippen LogP contribution in [0.4, 0.5) is 0 Å². The standard InChI is InChI=1S/C18H25N3O3/c1-24-13-2-3-16-15(10-13)14(4-7-20-16)17(23)11-21-8-5-18(19,12-22)6-9-21/h2-4,7,10,17,22-23H,5-6,8-9,11-12,19H2,1H3/t17-/m0/s1. The molecule has 1 aliphatic rings. The molecule has 0 radical (unpaired) electrons. The predicted octanol–water partition coefficient (Wildman–Crippen LogP) is 1.06. The number of benzene rings is 1. The van der Waals surface area contributed by atoms with Gasteiger partial charge >= 0.3 is 0 Å². The van der Waals surface area contributed by atoms with E-state index in [9.17, 15) is 10.2 Å². The topological polar surface area (TPSA) is 91.8 Å². The van der Waals surface area contributed by atoms with Crippen LogP contribution < -0.4 is 10.5 Å². The number of piperidine rings is 1. The van der Waals surface area contributed by atoms with Crippen molar-refractivity contribution < 1.29 is 14.9 Å². The van der Waals surface area contributed by atoms with Crippen LogP contribution in [0.25, 0.3) is 10.9 Å². The van der Waals surface area contributed by atoms with Gasteiger partial charge in [-0.2, -0.15) is 0 Å². The van der Waals surface area contributed by atoms with Crippen LogP contribution in [-0.4, -0.2) is 59.0 Å². The highest BCUT2D eigenvalue weighted by Gasteiger charge is 2.30.